The maximum absolute atomic E-state index is 10.9. The molecule has 0 bridgehead atoms. The lowest BCUT2D eigenvalue weighted by Gasteiger charge is -2.45. The van der Waals surface area contributed by atoms with Crippen LogP contribution in [-0.2, 0) is 4.79 Å². The molecule has 3 atom stereocenters. The summed E-state index contributed by atoms with van der Waals surface area (Å²) in [6, 6.07) is 0.153. The maximum atomic E-state index is 10.9. The summed E-state index contributed by atoms with van der Waals surface area (Å²) in [6.07, 6.45) is 4.22. The minimum Gasteiger partial charge on any atom is -0.481 e. The van der Waals surface area contributed by atoms with E-state index in [1.165, 1.54) is 12.8 Å². The second-order valence-corrected chi connectivity index (χ2v) is 4.41. The van der Waals surface area contributed by atoms with E-state index in [0.717, 1.165) is 19.5 Å². The Hall–Kier alpha value is -0.610. The van der Waals surface area contributed by atoms with Crippen molar-refractivity contribution in [3.05, 3.63) is 0 Å². The Kier molecular flexibility index (Phi) is 2.74. The number of carboxylic acid groups (broad SMARTS) is 1. The highest BCUT2D eigenvalue weighted by molar-refractivity contribution is 5.71. The zero-order valence-electron chi connectivity index (χ0n) is 8.35. The largest absolute Gasteiger partial charge is 0.481 e. The lowest BCUT2D eigenvalue weighted by Crippen LogP contribution is -2.59. The lowest BCUT2D eigenvalue weighted by molar-refractivity contribution is -0.145. The highest BCUT2D eigenvalue weighted by Gasteiger charge is 2.39. The molecule has 2 aliphatic heterocycles. The van der Waals surface area contributed by atoms with Crippen LogP contribution in [0.3, 0.4) is 0 Å². The molecule has 2 fully saturated rings. The number of hydrogen-bond donors (Lipinski definition) is 2. The molecule has 0 aliphatic carbocycles. The van der Waals surface area contributed by atoms with Gasteiger partial charge in [0, 0.05) is 12.1 Å². The number of nitrogens with zero attached hydrogens (tertiary/aromatic N) is 1. The third-order valence-electron chi connectivity index (χ3n) is 3.62. The molecule has 0 aromatic rings. The number of piperidine rings is 2. The van der Waals surface area contributed by atoms with Gasteiger partial charge in [-0.1, -0.05) is 6.42 Å². The summed E-state index contributed by atoms with van der Waals surface area (Å²) in [6.45, 7) is 2.01. The Balaban J connectivity index is 2.06. The van der Waals surface area contributed by atoms with Gasteiger partial charge < -0.3 is 10.8 Å². The van der Waals surface area contributed by atoms with E-state index >= 15 is 0 Å². The molecule has 2 saturated heterocycles. The van der Waals surface area contributed by atoms with Crippen molar-refractivity contribution in [2.24, 2.45) is 11.7 Å². The maximum Gasteiger partial charge on any atom is 0.308 e. The Bertz CT molecular complexity index is 232. The molecular formula is C10H18N2O2. The highest BCUT2D eigenvalue weighted by atomic mass is 16.4. The number of hydrogen-bond acceptors (Lipinski definition) is 3. The van der Waals surface area contributed by atoms with Crippen LogP contribution in [0.5, 0.6) is 0 Å². The first-order valence-electron chi connectivity index (χ1n) is 5.42. The third-order valence-corrected chi connectivity index (χ3v) is 3.62. The molecule has 2 heterocycles. The molecule has 0 saturated carbocycles. The fraction of sp³-hybridized carbons (Fsp3) is 0.900. The summed E-state index contributed by atoms with van der Waals surface area (Å²) in [5.74, 6) is -1.04. The van der Waals surface area contributed by atoms with Crippen molar-refractivity contribution in [1.29, 1.82) is 0 Å². The second kappa shape index (κ2) is 3.87. The van der Waals surface area contributed by atoms with E-state index < -0.39 is 5.97 Å². The summed E-state index contributed by atoms with van der Waals surface area (Å²) >= 11 is 0. The molecule has 3 unspecified atom stereocenters. The lowest BCUT2D eigenvalue weighted by atomic mass is 9.82. The van der Waals surface area contributed by atoms with Crippen molar-refractivity contribution in [3.8, 4) is 0 Å². The van der Waals surface area contributed by atoms with Crippen LogP contribution in [0.4, 0.5) is 0 Å². The van der Waals surface area contributed by atoms with Gasteiger partial charge in [-0.2, -0.15) is 0 Å². The van der Waals surface area contributed by atoms with Crippen molar-refractivity contribution in [2.75, 3.05) is 13.1 Å². The SMILES string of the molecule is NC1C(C(=O)O)CCN2CCCCC12. The smallest absolute Gasteiger partial charge is 0.308 e. The van der Waals surface area contributed by atoms with Crippen LogP contribution in [0.25, 0.3) is 0 Å². The van der Waals surface area contributed by atoms with Crippen molar-refractivity contribution in [1.82, 2.24) is 4.90 Å². The van der Waals surface area contributed by atoms with Crippen LogP contribution >= 0.6 is 0 Å². The standard InChI is InChI=1S/C10H18N2O2/c11-9-7(10(13)14)4-6-12-5-2-1-3-8(9)12/h7-9H,1-6,11H2,(H,13,14). The monoisotopic (exact) mass is 198 g/mol. The minimum absolute atomic E-state index is 0.165. The normalized spacial score (nSPS) is 39.1. The van der Waals surface area contributed by atoms with Gasteiger partial charge >= 0.3 is 5.97 Å². The van der Waals surface area contributed by atoms with Crippen molar-refractivity contribution >= 4 is 5.97 Å². The van der Waals surface area contributed by atoms with E-state index in [2.05, 4.69) is 4.90 Å². The quantitative estimate of drug-likeness (QED) is 0.635. The minimum atomic E-state index is -0.720. The molecule has 14 heavy (non-hydrogen) atoms. The Labute approximate surface area is 84.1 Å². The van der Waals surface area contributed by atoms with Gasteiger partial charge in [-0.05, 0) is 32.4 Å². The van der Waals surface area contributed by atoms with Gasteiger partial charge in [0.15, 0.2) is 0 Å². The van der Waals surface area contributed by atoms with Gasteiger partial charge in [-0.3, -0.25) is 9.69 Å². The predicted molar refractivity (Wildman–Crippen MR) is 52.9 cm³/mol. The van der Waals surface area contributed by atoms with E-state index in [0.29, 0.717) is 12.5 Å². The van der Waals surface area contributed by atoms with Gasteiger partial charge in [-0.25, -0.2) is 0 Å². The fourth-order valence-corrected chi connectivity index (χ4v) is 2.78. The molecule has 0 aromatic carbocycles. The first-order valence-corrected chi connectivity index (χ1v) is 5.42. The summed E-state index contributed by atoms with van der Waals surface area (Å²) in [4.78, 5) is 13.3. The Morgan fingerprint density at radius 3 is 2.79 bits per heavy atom. The van der Waals surface area contributed by atoms with Crippen LogP contribution in [0, 0.1) is 5.92 Å². The van der Waals surface area contributed by atoms with Crippen LogP contribution in [-0.4, -0.2) is 41.1 Å². The number of aliphatic carboxylic acids is 1. The molecule has 0 spiro atoms. The molecule has 0 radical (unpaired) electrons. The predicted octanol–water partition coefficient (Wildman–Crippen LogP) is 0.273. The average Bonchev–Trinajstić information content (AvgIpc) is 2.18. The van der Waals surface area contributed by atoms with Gasteiger partial charge in [0.1, 0.15) is 0 Å². The van der Waals surface area contributed by atoms with Gasteiger partial charge in [0.05, 0.1) is 5.92 Å². The van der Waals surface area contributed by atoms with E-state index in [1.807, 2.05) is 0 Å². The molecule has 0 amide bonds. The number of fused-ring (bicyclic) bond motifs is 1. The van der Waals surface area contributed by atoms with Crippen LogP contribution in [0.2, 0.25) is 0 Å². The van der Waals surface area contributed by atoms with Crippen LogP contribution in [0.15, 0.2) is 0 Å². The molecule has 80 valence electrons. The number of rotatable bonds is 1. The number of carbonyl (C=O) groups is 1. The number of nitrogens with two attached hydrogens (primary N) is 1. The summed E-state index contributed by atoms with van der Waals surface area (Å²) in [5.41, 5.74) is 6.01. The number of carboxylic acids is 1. The Morgan fingerprint density at radius 1 is 1.29 bits per heavy atom. The van der Waals surface area contributed by atoms with E-state index in [1.54, 1.807) is 0 Å². The average molecular weight is 198 g/mol. The van der Waals surface area contributed by atoms with Crippen LogP contribution in [0.1, 0.15) is 25.7 Å². The zero-order valence-corrected chi connectivity index (χ0v) is 8.35. The highest BCUT2D eigenvalue weighted by Crippen LogP contribution is 2.28. The molecule has 4 heteroatoms. The van der Waals surface area contributed by atoms with Gasteiger partial charge in [0.25, 0.3) is 0 Å². The zero-order chi connectivity index (χ0) is 10.1. The molecule has 2 aliphatic rings. The molecular weight excluding hydrogens is 180 g/mol. The molecule has 2 rings (SSSR count). The third kappa shape index (κ3) is 1.64. The molecule has 4 nitrogen and oxygen atoms in total. The van der Waals surface area contributed by atoms with Crippen molar-refractivity contribution < 1.29 is 9.90 Å². The summed E-state index contributed by atoms with van der Waals surface area (Å²) in [7, 11) is 0. The van der Waals surface area contributed by atoms with E-state index in [9.17, 15) is 4.79 Å². The molecule has 3 N–H and O–H groups in total. The Morgan fingerprint density at radius 2 is 2.07 bits per heavy atom. The van der Waals surface area contributed by atoms with Crippen molar-refractivity contribution in [3.63, 3.8) is 0 Å². The fourth-order valence-electron chi connectivity index (χ4n) is 2.78. The first-order chi connectivity index (χ1) is 6.70. The van der Waals surface area contributed by atoms with Crippen LogP contribution < -0.4 is 5.73 Å². The second-order valence-electron chi connectivity index (χ2n) is 4.41. The van der Waals surface area contributed by atoms with E-state index in [-0.39, 0.29) is 12.0 Å². The van der Waals surface area contributed by atoms with Gasteiger partial charge in [-0.15, -0.1) is 0 Å². The van der Waals surface area contributed by atoms with Gasteiger partial charge in [0.2, 0.25) is 0 Å². The molecule has 0 aromatic heterocycles. The van der Waals surface area contributed by atoms with Crippen molar-refractivity contribution in [2.45, 2.75) is 37.8 Å². The first kappa shape index (κ1) is 9.93. The summed E-state index contributed by atoms with van der Waals surface area (Å²) in [5, 5.41) is 9.00. The topological polar surface area (TPSA) is 66.6 Å². The van der Waals surface area contributed by atoms with E-state index in [4.69, 9.17) is 10.8 Å². The summed E-state index contributed by atoms with van der Waals surface area (Å²) < 4.78 is 0.